The van der Waals surface area contributed by atoms with Gasteiger partial charge in [0.2, 0.25) is 5.95 Å². The minimum atomic E-state index is -0.486. The van der Waals surface area contributed by atoms with Gasteiger partial charge >= 0.3 is 0 Å². The van der Waals surface area contributed by atoms with Gasteiger partial charge in [0.15, 0.2) is 17.0 Å². The van der Waals surface area contributed by atoms with E-state index in [1.807, 2.05) is 0 Å². The van der Waals surface area contributed by atoms with Crippen molar-refractivity contribution in [3.63, 3.8) is 0 Å². The first-order chi connectivity index (χ1) is 17.1. The van der Waals surface area contributed by atoms with Crippen LogP contribution in [0, 0.1) is 0 Å². The molecule has 13 nitrogen and oxygen atoms in total. The van der Waals surface area contributed by atoms with Crippen LogP contribution >= 0.6 is 0 Å². The summed E-state index contributed by atoms with van der Waals surface area (Å²) < 4.78 is 9.71. The van der Waals surface area contributed by atoms with Gasteiger partial charge in [-0.3, -0.25) is 23.7 Å². The van der Waals surface area contributed by atoms with E-state index in [0.717, 1.165) is 18.7 Å². The number of nitrogens with one attached hydrogen (secondary N) is 1. The first-order valence-electron chi connectivity index (χ1n) is 11.5. The number of aliphatic hydroxyl groups is 1. The van der Waals surface area contributed by atoms with E-state index in [9.17, 15) is 9.59 Å². The molecule has 6 rings (SSSR count). The maximum absolute atomic E-state index is 13.4. The van der Waals surface area contributed by atoms with Gasteiger partial charge < -0.3 is 9.84 Å². The van der Waals surface area contributed by atoms with Gasteiger partial charge in [-0.1, -0.05) is 19.3 Å². The average Bonchev–Trinajstić information content (AvgIpc) is 3.50. The van der Waals surface area contributed by atoms with Gasteiger partial charge in [-0.2, -0.15) is 14.5 Å². The fraction of sp³-hybridized carbons (Fsp3) is 0.409. The number of ether oxygens (including phenoxy) is 1. The van der Waals surface area contributed by atoms with E-state index >= 15 is 0 Å². The molecule has 13 heteroatoms. The average molecular weight is 477 g/mol. The number of aromatic nitrogens is 9. The number of hydrogen-bond donors (Lipinski definition) is 2. The second-order valence-corrected chi connectivity index (χ2v) is 8.60. The molecule has 0 atom stereocenters. The Bertz CT molecular complexity index is 1660. The Morgan fingerprint density at radius 3 is 2.83 bits per heavy atom. The van der Waals surface area contributed by atoms with Crippen LogP contribution in [-0.2, 0) is 11.5 Å². The first-order valence-corrected chi connectivity index (χ1v) is 11.5. The zero-order valence-corrected chi connectivity index (χ0v) is 18.8. The molecular formula is C22H23N9O4. The zero-order chi connectivity index (χ0) is 23.9. The molecule has 5 aromatic rings. The molecule has 1 fully saturated rings. The molecule has 180 valence electrons. The SMILES string of the molecule is O=c1[nH]c(-n2ccc3c(cnc4nc(C5CCCCC5)nn43)c2=O)nc2c1ncn2COCCO. The summed E-state index contributed by atoms with van der Waals surface area (Å²) in [6, 6.07) is 1.73. The molecule has 0 amide bonds. The number of aromatic amines is 1. The highest BCUT2D eigenvalue weighted by Gasteiger charge is 2.21. The van der Waals surface area contributed by atoms with Crippen molar-refractivity contribution in [3.05, 3.63) is 51.3 Å². The van der Waals surface area contributed by atoms with E-state index in [1.165, 1.54) is 40.9 Å². The highest BCUT2D eigenvalue weighted by molar-refractivity contribution is 5.79. The monoisotopic (exact) mass is 477 g/mol. The molecule has 0 radical (unpaired) electrons. The third kappa shape index (κ3) is 3.68. The lowest BCUT2D eigenvalue weighted by molar-refractivity contribution is 0.0499. The topological polar surface area (TPSA) is 158 Å². The summed E-state index contributed by atoms with van der Waals surface area (Å²) in [6.45, 7) is 0.0524. The van der Waals surface area contributed by atoms with Crippen LogP contribution in [0.15, 0.2) is 34.4 Å². The molecule has 0 aromatic carbocycles. The Kier molecular flexibility index (Phi) is 5.34. The molecule has 5 heterocycles. The molecule has 1 saturated carbocycles. The summed E-state index contributed by atoms with van der Waals surface area (Å²) >= 11 is 0. The van der Waals surface area contributed by atoms with Crippen molar-refractivity contribution in [2.24, 2.45) is 0 Å². The second kappa shape index (κ2) is 8.67. The predicted molar refractivity (Wildman–Crippen MR) is 124 cm³/mol. The summed E-state index contributed by atoms with van der Waals surface area (Å²) in [4.78, 5) is 46.1. The number of aliphatic hydroxyl groups excluding tert-OH is 1. The van der Waals surface area contributed by atoms with Crippen molar-refractivity contribution in [2.45, 2.75) is 44.8 Å². The molecular weight excluding hydrogens is 454 g/mol. The second-order valence-electron chi connectivity index (χ2n) is 8.60. The zero-order valence-electron chi connectivity index (χ0n) is 18.8. The summed E-state index contributed by atoms with van der Waals surface area (Å²) in [5.74, 6) is 1.57. The highest BCUT2D eigenvalue weighted by Crippen LogP contribution is 2.31. The van der Waals surface area contributed by atoms with Crippen LogP contribution in [0.4, 0.5) is 0 Å². The summed E-state index contributed by atoms with van der Waals surface area (Å²) in [5, 5.41) is 13.9. The molecule has 2 N–H and O–H groups in total. The van der Waals surface area contributed by atoms with Gasteiger partial charge in [-0.05, 0) is 18.9 Å². The number of pyridine rings is 1. The van der Waals surface area contributed by atoms with Crippen LogP contribution in [0.5, 0.6) is 0 Å². The number of rotatable bonds is 6. The van der Waals surface area contributed by atoms with Crippen molar-refractivity contribution in [2.75, 3.05) is 13.2 Å². The first kappa shape index (κ1) is 21.6. The van der Waals surface area contributed by atoms with Gasteiger partial charge in [-0.15, -0.1) is 5.10 Å². The van der Waals surface area contributed by atoms with E-state index in [-0.39, 0.29) is 37.1 Å². The standard InChI is InChI=1S/C22H23N9O4/c32-8-9-35-12-29-11-24-16-18(29)26-22(27-19(16)33)30-7-6-15-14(20(30)34)10-23-21-25-17(28-31(15)21)13-4-2-1-3-5-13/h6-7,10-11,13,32H,1-5,8-9,12H2,(H,26,27,33). The van der Waals surface area contributed by atoms with Crippen molar-refractivity contribution < 1.29 is 9.84 Å². The van der Waals surface area contributed by atoms with Crippen LogP contribution in [-0.4, -0.2) is 62.0 Å². The third-order valence-electron chi connectivity index (χ3n) is 6.38. The van der Waals surface area contributed by atoms with E-state index in [0.29, 0.717) is 22.6 Å². The molecule has 1 aliphatic carbocycles. The van der Waals surface area contributed by atoms with Gasteiger partial charge in [0.1, 0.15) is 6.73 Å². The van der Waals surface area contributed by atoms with Crippen LogP contribution in [0.3, 0.4) is 0 Å². The minimum Gasteiger partial charge on any atom is -0.394 e. The van der Waals surface area contributed by atoms with E-state index in [4.69, 9.17) is 9.84 Å². The molecule has 0 unspecified atom stereocenters. The molecule has 0 spiro atoms. The molecule has 0 saturated heterocycles. The van der Waals surface area contributed by atoms with Crippen LogP contribution in [0.1, 0.15) is 43.8 Å². The van der Waals surface area contributed by atoms with E-state index in [1.54, 1.807) is 16.8 Å². The van der Waals surface area contributed by atoms with E-state index in [2.05, 4.69) is 30.0 Å². The Morgan fingerprint density at radius 1 is 1.14 bits per heavy atom. The van der Waals surface area contributed by atoms with Gasteiger partial charge in [-0.25, -0.2) is 9.97 Å². The molecule has 0 bridgehead atoms. The van der Waals surface area contributed by atoms with Gasteiger partial charge in [0.05, 0.1) is 30.4 Å². The minimum absolute atomic E-state index is 0.0416. The molecule has 5 aromatic heterocycles. The molecule has 0 aliphatic heterocycles. The van der Waals surface area contributed by atoms with Gasteiger partial charge in [0, 0.05) is 18.3 Å². The largest absolute Gasteiger partial charge is 0.394 e. The molecule has 35 heavy (non-hydrogen) atoms. The Balaban J connectivity index is 1.44. The predicted octanol–water partition coefficient (Wildman–Crippen LogP) is 0.875. The normalized spacial score (nSPS) is 15.0. The van der Waals surface area contributed by atoms with Gasteiger partial charge in [0.25, 0.3) is 16.9 Å². The number of imidazole rings is 1. The lowest BCUT2D eigenvalue weighted by Crippen LogP contribution is -2.24. The maximum Gasteiger partial charge on any atom is 0.280 e. The number of nitrogens with zero attached hydrogens (tertiary/aromatic N) is 8. The van der Waals surface area contributed by atoms with Crippen molar-refractivity contribution in [1.82, 2.24) is 43.7 Å². The van der Waals surface area contributed by atoms with E-state index < -0.39 is 11.1 Å². The summed E-state index contributed by atoms with van der Waals surface area (Å²) in [7, 11) is 0. The number of hydrogen-bond acceptors (Lipinski definition) is 9. The number of fused-ring (bicyclic) bond motifs is 4. The Labute approximate surface area is 197 Å². The maximum atomic E-state index is 13.4. The highest BCUT2D eigenvalue weighted by atomic mass is 16.5. The fourth-order valence-electron chi connectivity index (χ4n) is 4.61. The lowest BCUT2D eigenvalue weighted by atomic mass is 9.89. The molecule has 1 aliphatic rings. The lowest BCUT2D eigenvalue weighted by Gasteiger charge is -2.17. The van der Waals surface area contributed by atoms with Crippen molar-refractivity contribution in [3.8, 4) is 5.95 Å². The summed E-state index contributed by atoms with van der Waals surface area (Å²) in [5.41, 5.74) is 0.0698. The van der Waals surface area contributed by atoms with Crippen molar-refractivity contribution >= 4 is 27.8 Å². The number of H-pyrrole nitrogens is 1. The van der Waals surface area contributed by atoms with Crippen LogP contribution < -0.4 is 11.1 Å². The quantitative estimate of drug-likeness (QED) is 0.339. The summed E-state index contributed by atoms with van der Waals surface area (Å²) in [6.07, 6.45) is 10.1. The smallest absolute Gasteiger partial charge is 0.280 e. The Hall–Kier alpha value is -3.97. The van der Waals surface area contributed by atoms with Crippen LogP contribution in [0.2, 0.25) is 0 Å². The third-order valence-corrected chi connectivity index (χ3v) is 6.38. The Morgan fingerprint density at radius 2 is 2.00 bits per heavy atom. The van der Waals surface area contributed by atoms with Crippen LogP contribution in [0.25, 0.3) is 33.8 Å². The van der Waals surface area contributed by atoms with Crippen molar-refractivity contribution in [1.29, 1.82) is 0 Å². The fourth-order valence-corrected chi connectivity index (χ4v) is 4.61.